The first kappa shape index (κ1) is 15.0. The van der Waals surface area contributed by atoms with Crippen LogP contribution >= 0.6 is 0 Å². The van der Waals surface area contributed by atoms with Gasteiger partial charge in [0, 0.05) is 19.6 Å². The molecule has 0 spiro atoms. The second kappa shape index (κ2) is 6.88. The van der Waals surface area contributed by atoms with Crippen LogP contribution in [0.3, 0.4) is 0 Å². The summed E-state index contributed by atoms with van der Waals surface area (Å²) in [6.45, 7) is 8.54. The van der Waals surface area contributed by atoms with Gasteiger partial charge in [0.25, 0.3) is 0 Å². The van der Waals surface area contributed by atoms with E-state index in [9.17, 15) is 0 Å². The Bertz CT molecular complexity index is 626. The van der Waals surface area contributed by atoms with E-state index < -0.39 is 0 Å². The van der Waals surface area contributed by atoms with Gasteiger partial charge in [0.15, 0.2) is 5.65 Å². The summed E-state index contributed by atoms with van der Waals surface area (Å²) in [6, 6.07) is 2.20. The van der Waals surface area contributed by atoms with E-state index >= 15 is 0 Å². The fourth-order valence-corrected chi connectivity index (χ4v) is 2.21. The Morgan fingerprint density at radius 1 is 1.43 bits per heavy atom. The number of aromatic nitrogens is 4. The minimum Gasteiger partial charge on any atom is -0.355 e. The Balaban J connectivity index is 2.43. The van der Waals surface area contributed by atoms with E-state index in [4.69, 9.17) is 5.26 Å². The van der Waals surface area contributed by atoms with E-state index in [-0.39, 0.29) is 0 Å². The van der Waals surface area contributed by atoms with Gasteiger partial charge < -0.3 is 10.2 Å². The molecule has 112 valence electrons. The molecule has 7 nitrogen and oxygen atoms in total. The summed E-state index contributed by atoms with van der Waals surface area (Å²) in [4.78, 5) is 11.1. The average Bonchev–Trinajstić information content (AvgIpc) is 2.91. The van der Waals surface area contributed by atoms with E-state index in [0.717, 1.165) is 24.3 Å². The zero-order chi connectivity index (χ0) is 15.2. The minimum absolute atomic E-state index is 0.465. The van der Waals surface area contributed by atoms with Crippen molar-refractivity contribution in [1.82, 2.24) is 20.2 Å². The van der Waals surface area contributed by atoms with Crippen molar-refractivity contribution in [2.24, 2.45) is 5.92 Å². The summed E-state index contributed by atoms with van der Waals surface area (Å²) in [5.41, 5.74) is 0.710. The fourth-order valence-electron chi connectivity index (χ4n) is 2.21. The highest BCUT2D eigenvalue weighted by Crippen LogP contribution is 2.24. The predicted octanol–water partition coefficient (Wildman–Crippen LogP) is 2.16. The van der Waals surface area contributed by atoms with E-state index in [2.05, 4.69) is 50.3 Å². The molecular formula is C14H21N7. The summed E-state index contributed by atoms with van der Waals surface area (Å²) in [7, 11) is 0. The number of nitriles is 1. The van der Waals surface area contributed by atoms with Gasteiger partial charge in [-0.15, -0.1) is 0 Å². The normalized spacial score (nSPS) is 10.8. The molecule has 2 aromatic heterocycles. The molecule has 0 aliphatic carbocycles. The maximum absolute atomic E-state index is 8.87. The summed E-state index contributed by atoms with van der Waals surface area (Å²) in [5, 5.41) is 19.8. The molecule has 7 heteroatoms. The van der Waals surface area contributed by atoms with Crippen LogP contribution in [0, 0.1) is 17.2 Å². The molecule has 2 rings (SSSR count). The zero-order valence-corrected chi connectivity index (χ0v) is 12.7. The lowest BCUT2D eigenvalue weighted by Crippen LogP contribution is -2.30. The first-order valence-electron chi connectivity index (χ1n) is 7.22. The number of aromatic amines is 1. The summed E-state index contributed by atoms with van der Waals surface area (Å²) in [6.07, 6.45) is 2.20. The smallest absolute Gasteiger partial charge is 0.226 e. The number of nitrogens with one attached hydrogen (secondary N) is 2. The van der Waals surface area contributed by atoms with Crippen molar-refractivity contribution in [3.63, 3.8) is 0 Å². The zero-order valence-electron chi connectivity index (χ0n) is 12.7. The van der Waals surface area contributed by atoms with E-state index in [1.54, 1.807) is 6.20 Å². The van der Waals surface area contributed by atoms with Crippen LogP contribution in [-0.4, -0.2) is 39.8 Å². The van der Waals surface area contributed by atoms with Crippen LogP contribution in [-0.2, 0) is 0 Å². The second-order valence-corrected chi connectivity index (χ2v) is 5.28. The predicted molar refractivity (Wildman–Crippen MR) is 83.1 cm³/mol. The molecule has 0 aromatic carbocycles. The highest BCUT2D eigenvalue weighted by Gasteiger charge is 2.16. The Kier molecular flexibility index (Phi) is 4.93. The number of anilines is 2. The quantitative estimate of drug-likeness (QED) is 0.810. The molecule has 0 unspecified atom stereocenters. The molecule has 0 radical (unpaired) electrons. The highest BCUT2D eigenvalue weighted by molar-refractivity contribution is 5.87. The van der Waals surface area contributed by atoms with Gasteiger partial charge in [0.2, 0.25) is 5.95 Å². The molecule has 0 fully saturated rings. The number of hydrogen-bond acceptors (Lipinski definition) is 6. The van der Waals surface area contributed by atoms with Gasteiger partial charge in [0.05, 0.1) is 24.1 Å². The summed E-state index contributed by atoms with van der Waals surface area (Å²) in [5.74, 6) is 1.88. The van der Waals surface area contributed by atoms with Gasteiger partial charge in [-0.2, -0.15) is 20.3 Å². The van der Waals surface area contributed by atoms with Crippen molar-refractivity contribution in [3.05, 3.63) is 6.20 Å². The topological polar surface area (TPSA) is 93.5 Å². The minimum atomic E-state index is 0.465. The van der Waals surface area contributed by atoms with Crippen molar-refractivity contribution in [1.29, 1.82) is 5.26 Å². The van der Waals surface area contributed by atoms with Crippen molar-refractivity contribution in [3.8, 4) is 6.07 Å². The Morgan fingerprint density at radius 2 is 2.24 bits per heavy atom. The molecule has 0 aliphatic rings. The number of rotatable bonds is 7. The maximum Gasteiger partial charge on any atom is 0.226 e. The van der Waals surface area contributed by atoms with Crippen LogP contribution in [0.15, 0.2) is 6.20 Å². The van der Waals surface area contributed by atoms with Gasteiger partial charge in [-0.25, -0.2) is 0 Å². The van der Waals surface area contributed by atoms with Crippen LogP contribution < -0.4 is 10.2 Å². The molecule has 21 heavy (non-hydrogen) atoms. The first-order chi connectivity index (χ1) is 10.2. The maximum atomic E-state index is 8.87. The highest BCUT2D eigenvalue weighted by atomic mass is 15.3. The van der Waals surface area contributed by atoms with Crippen molar-refractivity contribution in [2.45, 2.75) is 27.2 Å². The van der Waals surface area contributed by atoms with E-state index in [1.165, 1.54) is 0 Å². The number of fused-ring (bicyclic) bond motifs is 1. The molecule has 0 bridgehead atoms. The monoisotopic (exact) mass is 287 g/mol. The average molecular weight is 287 g/mol. The molecular weight excluding hydrogens is 266 g/mol. The van der Waals surface area contributed by atoms with Crippen molar-refractivity contribution in [2.75, 3.05) is 29.9 Å². The van der Waals surface area contributed by atoms with E-state index in [0.29, 0.717) is 30.5 Å². The molecule has 0 atom stereocenters. The summed E-state index contributed by atoms with van der Waals surface area (Å²) >= 11 is 0. The molecule has 0 saturated heterocycles. The van der Waals surface area contributed by atoms with E-state index in [1.807, 2.05) is 6.92 Å². The molecule has 0 saturated carbocycles. The number of H-pyrrole nitrogens is 1. The van der Waals surface area contributed by atoms with Gasteiger partial charge in [0.1, 0.15) is 5.82 Å². The fraction of sp³-hybridized carbons (Fsp3) is 0.571. The molecule has 0 amide bonds. The van der Waals surface area contributed by atoms with Crippen LogP contribution in [0.5, 0.6) is 0 Å². The molecule has 2 N–H and O–H groups in total. The number of nitrogens with zero attached hydrogens (tertiary/aromatic N) is 5. The van der Waals surface area contributed by atoms with Crippen LogP contribution in [0.25, 0.3) is 11.0 Å². The SMILES string of the molecule is CCNc1nc(N(CCC#N)CC(C)C)c2cn[nH]c2n1. The Labute approximate surface area is 124 Å². The third-order valence-electron chi connectivity index (χ3n) is 3.00. The van der Waals surface area contributed by atoms with Gasteiger partial charge in [-0.1, -0.05) is 13.8 Å². The standard InChI is InChI=1S/C14H21N7/c1-4-16-14-18-12-11(8-17-20-12)13(19-14)21(7-5-6-15)9-10(2)3/h8,10H,4-5,7,9H2,1-3H3,(H2,16,17,18,19,20). The van der Waals surface area contributed by atoms with Gasteiger partial charge in [-0.05, 0) is 12.8 Å². The lowest BCUT2D eigenvalue weighted by atomic mass is 10.2. The lowest BCUT2D eigenvalue weighted by Gasteiger charge is -2.25. The summed E-state index contributed by atoms with van der Waals surface area (Å²) < 4.78 is 0. The first-order valence-corrected chi connectivity index (χ1v) is 7.22. The number of hydrogen-bond donors (Lipinski definition) is 2. The molecule has 0 aliphatic heterocycles. The van der Waals surface area contributed by atoms with Gasteiger partial charge >= 0.3 is 0 Å². The Hall–Kier alpha value is -2.36. The third-order valence-corrected chi connectivity index (χ3v) is 3.00. The molecule has 2 heterocycles. The van der Waals surface area contributed by atoms with Gasteiger partial charge in [-0.3, -0.25) is 5.10 Å². The lowest BCUT2D eigenvalue weighted by molar-refractivity contribution is 0.609. The second-order valence-electron chi connectivity index (χ2n) is 5.28. The van der Waals surface area contributed by atoms with Crippen LogP contribution in [0.4, 0.5) is 11.8 Å². The van der Waals surface area contributed by atoms with Crippen LogP contribution in [0.2, 0.25) is 0 Å². The van der Waals surface area contributed by atoms with Crippen molar-refractivity contribution >= 4 is 22.8 Å². The largest absolute Gasteiger partial charge is 0.355 e. The van der Waals surface area contributed by atoms with Crippen molar-refractivity contribution < 1.29 is 0 Å². The Morgan fingerprint density at radius 3 is 2.90 bits per heavy atom. The molecule has 2 aromatic rings. The van der Waals surface area contributed by atoms with Crippen LogP contribution in [0.1, 0.15) is 27.2 Å². The third kappa shape index (κ3) is 3.60.